The van der Waals surface area contributed by atoms with E-state index >= 15 is 0 Å². The van der Waals surface area contributed by atoms with Gasteiger partial charge in [0, 0.05) is 11.3 Å². The standard InChI is InChI=1S/C15H16FNO/c1-11(12-5-3-2-4-6-12)18-10-13-7-8-14(16)9-15(13)17/h2-9,11H,10,17H2,1H3. The highest BCUT2D eigenvalue weighted by Gasteiger charge is 2.07. The average molecular weight is 245 g/mol. The SMILES string of the molecule is CC(OCc1ccc(F)cc1N)c1ccccc1. The van der Waals surface area contributed by atoms with Crippen molar-refractivity contribution in [2.75, 3.05) is 5.73 Å². The third-order valence-electron chi connectivity index (χ3n) is 2.87. The molecule has 0 heterocycles. The number of hydrogen-bond acceptors (Lipinski definition) is 2. The number of rotatable bonds is 4. The third kappa shape index (κ3) is 3.08. The number of nitrogen functional groups attached to an aromatic ring is 1. The van der Waals surface area contributed by atoms with Crippen LogP contribution < -0.4 is 5.73 Å². The summed E-state index contributed by atoms with van der Waals surface area (Å²) in [6.07, 6.45) is -0.0179. The molecule has 0 radical (unpaired) electrons. The van der Waals surface area contributed by atoms with Gasteiger partial charge in [0.05, 0.1) is 12.7 Å². The molecular weight excluding hydrogens is 229 g/mol. The van der Waals surface area contributed by atoms with E-state index in [0.717, 1.165) is 11.1 Å². The number of ether oxygens (including phenoxy) is 1. The molecule has 1 atom stereocenters. The highest BCUT2D eigenvalue weighted by molar-refractivity contribution is 5.46. The van der Waals surface area contributed by atoms with Crippen LogP contribution in [0.2, 0.25) is 0 Å². The van der Waals surface area contributed by atoms with Gasteiger partial charge < -0.3 is 10.5 Å². The average Bonchev–Trinajstić information content (AvgIpc) is 2.38. The fourth-order valence-corrected chi connectivity index (χ4v) is 1.73. The minimum absolute atomic E-state index is 0.0179. The van der Waals surface area contributed by atoms with Crippen molar-refractivity contribution < 1.29 is 9.13 Å². The van der Waals surface area contributed by atoms with Gasteiger partial charge in [-0.05, 0) is 24.6 Å². The molecule has 0 saturated carbocycles. The van der Waals surface area contributed by atoms with Gasteiger partial charge in [0.2, 0.25) is 0 Å². The largest absolute Gasteiger partial charge is 0.398 e. The van der Waals surface area contributed by atoms with Crippen LogP contribution in [0.15, 0.2) is 48.5 Å². The Morgan fingerprint density at radius 3 is 2.56 bits per heavy atom. The summed E-state index contributed by atoms with van der Waals surface area (Å²) in [7, 11) is 0. The zero-order valence-corrected chi connectivity index (χ0v) is 10.3. The van der Waals surface area contributed by atoms with Gasteiger partial charge in [-0.3, -0.25) is 0 Å². The van der Waals surface area contributed by atoms with Gasteiger partial charge in [0.1, 0.15) is 5.82 Å². The fraction of sp³-hybridized carbons (Fsp3) is 0.200. The number of benzene rings is 2. The van der Waals surface area contributed by atoms with Crippen molar-refractivity contribution in [3.63, 3.8) is 0 Å². The van der Waals surface area contributed by atoms with Crippen molar-refractivity contribution in [2.45, 2.75) is 19.6 Å². The second-order valence-electron chi connectivity index (χ2n) is 4.21. The minimum atomic E-state index is -0.327. The highest BCUT2D eigenvalue weighted by Crippen LogP contribution is 2.20. The van der Waals surface area contributed by atoms with E-state index < -0.39 is 0 Å². The molecule has 0 aliphatic carbocycles. The molecule has 18 heavy (non-hydrogen) atoms. The second kappa shape index (κ2) is 5.65. The summed E-state index contributed by atoms with van der Waals surface area (Å²) in [5.41, 5.74) is 8.07. The van der Waals surface area contributed by atoms with Gasteiger partial charge >= 0.3 is 0 Å². The first-order valence-corrected chi connectivity index (χ1v) is 5.87. The van der Waals surface area contributed by atoms with Crippen LogP contribution in [-0.2, 0) is 11.3 Å². The highest BCUT2D eigenvalue weighted by atomic mass is 19.1. The molecule has 94 valence electrons. The van der Waals surface area contributed by atoms with Crippen LogP contribution in [0.4, 0.5) is 10.1 Å². The summed E-state index contributed by atoms with van der Waals surface area (Å²) >= 11 is 0. The summed E-state index contributed by atoms with van der Waals surface area (Å²) in [5.74, 6) is -0.327. The zero-order valence-electron chi connectivity index (χ0n) is 10.3. The molecule has 3 heteroatoms. The lowest BCUT2D eigenvalue weighted by molar-refractivity contribution is 0.0529. The van der Waals surface area contributed by atoms with E-state index in [-0.39, 0.29) is 11.9 Å². The number of anilines is 1. The van der Waals surface area contributed by atoms with E-state index in [0.29, 0.717) is 12.3 Å². The summed E-state index contributed by atoms with van der Waals surface area (Å²) in [6.45, 7) is 2.36. The van der Waals surface area contributed by atoms with Gasteiger partial charge in [-0.25, -0.2) is 4.39 Å². The van der Waals surface area contributed by atoms with E-state index in [1.54, 1.807) is 6.07 Å². The molecule has 0 saturated heterocycles. The fourth-order valence-electron chi connectivity index (χ4n) is 1.73. The Labute approximate surface area is 106 Å². The molecule has 2 aromatic carbocycles. The van der Waals surface area contributed by atoms with Gasteiger partial charge in [-0.1, -0.05) is 36.4 Å². The maximum absolute atomic E-state index is 12.9. The summed E-state index contributed by atoms with van der Waals surface area (Å²) < 4.78 is 18.6. The van der Waals surface area contributed by atoms with E-state index in [1.165, 1.54) is 12.1 Å². The molecule has 1 unspecified atom stereocenters. The molecule has 0 aromatic heterocycles. The van der Waals surface area contributed by atoms with E-state index in [1.807, 2.05) is 37.3 Å². The van der Waals surface area contributed by atoms with Crippen molar-refractivity contribution >= 4 is 5.69 Å². The van der Waals surface area contributed by atoms with Crippen LogP contribution in [0.25, 0.3) is 0 Å². The van der Waals surface area contributed by atoms with Crippen LogP contribution in [-0.4, -0.2) is 0 Å². The number of hydrogen-bond donors (Lipinski definition) is 1. The Hall–Kier alpha value is -1.87. The van der Waals surface area contributed by atoms with Crippen molar-refractivity contribution in [3.05, 3.63) is 65.5 Å². The Kier molecular flexibility index (Phi) is 3.95. The molecule has 2 N–H and O–H groups in total. The van der Waals surface area contributed by atoms with Gasteiger partial charge in [-0.2, -0.15) is 0 Å². The molecule has 2 rings (SSSR count). The molecule has 2 aromatic rings. The molecule has 0 spiro atoms. The van der Waals surface area contributed by atoms with Crippen LogP contribution >= 0.6 is 0 Å². The predicted molar refractivity (Wildman–Crippen MR) is 70.5 cm³/mol. The molecular formula is C15H16FNO. The quantitative estimate of drug-likeness (QED) is 0.834. The lowest BCUT2D eigenvalue weighted by atomic mass is 10.1. The van der Waals surface area contributed by atoms with Crippen molar-refractivity contribution in [1.82, 2.24) is 0 Å². The zero-order chi connectivity index (χ0) is 13.0. The van der Waals surface area contributed by atoms with Crippen LogP contribution in [0.3, 0.4) is 0 Å². The predicted octanol–water partition coefficient (Wildman–Crippen LogP) is 3.69. The molecule has 0 fully saturated rings. The second-order valence-corrected chi connectivity index (χ2v) is 4.21. The molecule has 2 nitrogen and oxygen atoms in total. The van der Waals surface area contributed by atoms with Crippen molar-refractivity contribution in [1.29, 1.82) is 0 Å². The monoisotopic (exact) mass is 245 g/mol. The molecule has 0 aliphatic rings. The Bertz CT molecular complexity index is 513. The van der Waals surface area contributed by atoms with E-state index in [2.05, 4.69) is 0 Å². The van der Waals surface area contributed by atoms with Crippen LogP contribution in [0.1, 0.15) is 24.2 Å². The van der Waals surface area contributed by atoms with E-state index in [9.17, 15) is 4.39 Å². The maximum atomic E-state index is 12.9. The first-order chi connectivity index (χ1) is 8.66. The van der Waals surface area contributed by atoms with Gasteiger partial charge in [0.15, 0.2) is 0 Å². The van der Waals surface area contributed by atoms with E-state index in [4.69, 9.17) is 10.5 Å². The molecule has 0 aliphatic heterocycles. The Morgan fingerprint density at radius 1 is 1.17 bits per heavy atom. The van der Waals surface area contributed by atoms with Gasteiger partial charge in [-0.15, -0.1) is 0 Å². The smallest absolute Gasteiger partial charge is 0.125 e. The third-order valence-corrected chi connectivity index (χ3v) is 2.87. The lowest BCUT2D eigenvalue weighted by Gasteiger charge is -2.14. The van der Waals surface area contributed by atoms with Crippen LogP contribution in [0, 0.1) is 5.82 Å². The summed E-state index contributed by atoms with van der Waals surface area (Å²) in [6, 6.07) is 14.3. The van der Waals surface area contributed by atoms with Gasteiger partial charge in [0.25, 0.3) is 0 Å². The summed E-state index contributed by atoms with van der Waals surface area (Å²) in [5, 5.41) is 0. The maximum Gasteiger partial charge on any atom is 0.125 e. The topological polar surface area (TPSA) is 35.2 Å². The first kappa shape index (κ1) is 12.6. The Morgan fingerprint density at radius 2 is 1.89 bits per heavy atom. The minimum Gasteiger partial charge on any atom is -0.398 e. The number of halogens is 1. The summed E-state index contributed by atoms with van der Waals surface area (Å²) in [4.78, 5) is 0. The number of nitrogens with two attached hydrogens (primary N) is 1. The van der Waals surface area contributed by atoms with Crippen LogP contribution in [0.5, 0.6) is 0 Å². The normalized spacial score (nSPS) is 12.3. The Balaban J connectivity index is 1.99. The lowest BCUT2D eigenvalue weighted by Crippen LogP contribution is -2.03. The van der Waals surface area contributed by atoms with Crippen molar-refractivity contribution in [2.24, 2.45) is 0 Å². The molecule has 0 amide bonds. The first-order valence-electron chi connectivity index (χ1n) is 5.87. The van der Waals surface area contributed by atoms with Crippen molar-refractivity contribution in [3.8, 4) is 0 Å². The molecule has 0 bridgehead atoms.